The summed E-state index contributed by atoms with van der Waals surface area (Å²) in [7, 11) is 0. The second-order valence-corrected chi connectivity index (χ2v) is 9.35. The number of aliphatic carboxylic acids is 1. The molecule has 0 aliphatic heterocycles. The van der Waals surface area contributed by atoms with Gasteiger partial charge in [0, 0.05) is 5.57 Å². The molecule has 0 spiro atoms. The fourth-order valence-electron chi connectivity index (χ4n) is 3.93. The quantitative estimate of drug-likeness (QED) is 0.0973. The molecule has 0 radical (unpaired) electrons. The van der Waals surface area contributed by atoms with Crippen LogP contribution in [0.5, 0.6) is 11.5 Å². The zero-order valence-electron chi connectivity index (χ0n) is 22.0. The molecule has 0 aliphatic carbocycles. The van der Waals surface area contributed by atoms with E-state index in [1.807, 2.05) is 0 Å². The van der Waals surface area contributed by atoms with E-state index < -0.39 is 11.9 Å². The van der Waals surface area contributed by atoms with Crippen molar-refractivity contribution in [2.24, 2.45) is 0 Å². The Morgan fingerprint density at radius 3 is 1.75 bits per heavy atom. The van der Waals surface area contributed by atoms with E-state index in [1.165, 1.54) is 77.6 Å². The van der Waals surface area contributed by atoms with Gasteiger partial charge in [0.05, 0.1) is 12.2 Å². The lowest BCUT2D eigenvalue weighted by Crippen LogP contribution is -2.08. The normalized spacial score (nSPS) is 11.3. The first-order valence-corrected chi connectivity index (χ1v) is 13.5. The number of carbonyl (C=O) groups is 2. The number of carbonyl (C=O) groups excluding carboxylic acids is 1. The van der Waals surface area contributed by atoms with E-state index >= 15 is 0 Å². The number of esters is 1. The van der Waals surface area contributed by atoms with Crippen molar-refractivity contribution in [2.75, 3.05) is 6.61 Å². The smallest absolute Gasteiger partial charge is 0.343 e. The third-order valence-corrected chi connectivity index (χ3v) is 6.17. The fourth-order valence-corrected chi connectivity index (χ4v) is 3.93. The molecule has 0 unspecified atom stereocenters. The number of hydrogen-bond donors (Lipinski definition) is 1. The zero-order chi connectivity index (χ0) is 26.0. The van der Waals surface area contributed by atoms with Gasteiger partial charge < -0.3 is 14.6 Å². The molecule has 0 bridgehead atoms. The van der Waals surface area contributed by atoms with Gasteiger partial charge >= 0.3 is 11.9 Å². The molecule has 0 aliphatic rings. The molecule has 1 N–H and O–H groups in total. The van der Waals surface area contributed by atoms with E-state index in [0.717, 1.165) is 17.7 Å². The minimum atomic E-state index is -0.966. The largest absolute Gasteiger partial charge is 0.494 e. The summed E-state index contributed by atoms with van der Waals surface area (Å²) in [5.74, 6) is -0.267. The topological polar surface area (TPSA) is 72.8 Å². The lowest BCUT2D eigenvalue weighted by molar-refractivity contribution is -0.132. The Hall–Kier alpha value is -3.08. The van der Waals surface area contributed by atoms with Crippen LogP contribution in [0.4, 0.5) is 0 Å². The number of unbranched alkanes of at least 4 members (excludes halogenated alkanes) is 11. The van der Waals surface area contributed by atoms with Gasteiger partial charge in [-0.15, -0.1) is 0 Å². The van der Waals surface area contributed by atoms with Crippen LogP contribution in [0.3, 0.4) is 0 Å². The molecule has 2 rings (SSSR count). The van der Waals surface area contributed by atoms with Crippen molar-refractivity contribution in [3.8, 4) is 11.5 Å². The Balaban J connectivity index is 1.59. The average molecular weight is 495 g/mol. The summed E-state index contributed by atoms with van der Waals surface area (Å²) >= 11 is 0. The van der Waals surface area contributed by atoms with Crippen LogP contribution in [0.1, 0.15) is 107 Å². The van der Waals surface area contributed by atoms with Crippen LogP contribution >= 0.6 is 0 Å². The highest BCUT2D eigenvalue weighted by Crippen LogP contribution is 2.18. The predicted octanol–water partition coefficient (Wildman–Crippen LogP) is 8.47. The van der Waals surface area contributed by atoms with Crippen LogP contribution in [0.2, 0.25) is 0 Å². The van der Waals surface area contributed by atoms with Crippen molar-refractivity contribution in [3.05, 3.63) is 65.2 Å². The first kappa shape index (κ1) is 29.2. The Kier molecular flexibility index (Phi) is 14.1. The standard InChI is InChI=1S/C31H42O5/c1-3-4-5-6-7-8-9-10-11-12-13-14-23-35-28-21-17-27(18-22-28)31(34)36-29-19-15-26(16-20-29)24-25(2)30(32)33/h15-22,24H,3-14,23H2,1-2H3,(H,32,33). The average Bonchev–Trinajstić information content (AvgIpc) is 2.88. The SMILES string of the molecule is CCCCCCCCCCCCCCOc1ccc(C(=O)Oc2ccc(C=C(C)C(=O)O)cc2)cc1. The molecule has 0 heterocycles. The molecule has 0 amide bonds. The summed E-state index contributed by atoms with van der Waals surface area (Å²) in [5.41, 5.74) is 1.41. The molecule has 196 valence electrons. The summed E-state index contributed by atoms with van der Waals surface area (Å²) in [6.07, 6.45) is 17.3. The monoisotopic (exact) mass is 494 g/mol. The highest BCUT2D eigenvalue weighted by Gasteiger charge is 2.09. The van der Waals surface area contributed by atoms with Crippen molar-refractivity contribution in [1.29, 1.82) is 0 Å². The zero-order valence-corrected chi connectivity index (χ0v) is 22.0. The summed E-state index contributed by atoms with van der Waals surface area (Å²) in [6, 6.07) is 13.7. The molecule has 5 nitrogen and oxygen atoms in total. The Bertz CT molecular complexity index is 928. The number of carboxylic acid groups (broad SMARTS) is 1. The van der Waals surface area contributed by atoms with Gasteiger partial charge in [0.25, 0.3) is 0 Å². The number of ether oxygens (including phenoxy) is 2. The van der Waals surface area contributed by atoms with Gasteiger partial charge in [-0.2, -0.15) is 0 Å². The van der Waals surface area contributed by atoms with Crippen LogP contribution in [-0.4, -0.2) is 23.7 Å². The van der Waals surface area contributed by atoms with Gasteiger partial charge in [0.2, 0.25) is 0 Å². The molecule has 2 aromatic carbocycles. The molecular weight excluding hydrogens is 452 g/mol. The first-order valence-electron chi connectivity index (χ1n) is 13.5. The van der Waals surface area contributed by atoms with Gasteiger partial charge in [-0.05, 0) is 61.4 Å². The van der Waals surface area contributed by atoms with Crippen LogP contribution in [0, 0.1) is 0 Å². The molecule has 0 aromatic heterocycles. The van der Waals surface area contributed by atoms with Gasteiger partial charge in [0.15, 0.2) is 0 Å². The van der Waals surface area contributed by atoms with Gasteiger partial charge in [-0.1, -0.05) is 89.7 Å². The van der Waals surface area contributed by atoms with E-state index in [0.29, 0.717) is 17.9 Å². The Morgan fingerprint density at radius 1 is 0.722 bits per heavy atom. The number of carboxylic acids is 1. The Labute approximate surface area is 216 Å². The molecule has 36 heavy (non-hydrogen) atoms. The van der Waals surface area contributed by atoms with Crippen molar-refractivity contribution in [2.45, 2.75) is 90.9 Å². The maximum atomic E-state index is 12.4. The van der Waals surface area contributed by atoms with E-state index in [9.17, 15) is 9.59 Å². The third-order valence-electron chi connectivity index (χ3n) is 6.17. The highest BCUT2D eigenvalue weighted by atomic mass is 16.5. The van der Waals surface area contributed by atoms with Crippen LogP contribution < -0.4 is 9.47 Å². The maximum Gasteiger partial charge on any atom is 0.343 e. The van der Waals surface area contributed by atoms with E-state index in [-0.39, 0.29) is 5.57 Å². The summed E-state index contributed by atoms with van der Waals surface area (Å²) in [4.78, 5) is 23.3. The summed E-state index contributed by atoms with van der Waals surface area (Å²) in [5, 5.41) is 8.96. The number of rotatable bonds is 18. The Morgan fingerprint density at radius 2 is 1.22 bits per heavy atom. The van der Waals surface area contributed by atoms with Crippen molar-refractivity contribution >= 4 is 18.0 Å². The maximum absolute atomic E-state index is 12.4. The molecule has 0 fully saturated rings. The number of hydrogen-bond acceptors (Lipinski definition) is 4. The summed E-state index contributed by atoms with van der Waals surface area (Å²) < 4.78 is 11.2. The lowest BCUT2D eigenvalue weighted by Gasteiger charge is -2.08. The fraction of sp³-hybridized carbons (Fsp3) is 0.484. The minimum Gasteiger partial charge on any atom is -0.494 e. The van der Waals surface area contributed by atoms with Gasteiger partial charge in [-0.3, -0.25) is 0 Å². The van der Waals surface area contributed by atoms with Gasteiger partial charge in [-0.25, -0.2) is 9.59 Å². The second-order valence-electron chi connectivity index (χ2n) is 9.35. The minimum absolute atomic E-state index is 0.237. The molecule has 0 saturated heterocycles. The van der Waals surface area contributed by atoms with Crippen LogP contribution in [0.25, 0.3) is 6.08 Å². The molecule has 2 aromatic rings. The van der Waals surface area contributed by atoms with E-state index in [4.69, 9.17) is 14.6 Å². The van der Waals surface area contributed by atoms with Crippen LogP contribution in [-0.2, 0) is 4.79 Å². The molecule has 0 saturated carbocycles. The van der Waals surface area contributed by atoms with Crippen molar-refractivity contribution in [1.82, 2.24) is 0 Å². The molecule has 5 heteroatoms. The van der Waals surface area contributed by atoms with Crippen molar-refractivity contribution in [3.63, 3.8) is 0 Å². The highest BCUT2D eigenvalue weighted by molar-refractivity contribution is 5.92. The van der Waals surface area contributed by atoms with E-state index in [2.05, 4.69) is 6.92 Å². The van der Waals surface area contributed by atoms with Gasteiger partial charge in [0.1, 0.15) is 11.5 Å². The molecule has 0 atom stereocenters. The predicted molar refractivity (Wildman–Crippen MR) is 146 cm³/mol. The summed E-state index contributed by atoms with van der Waals surface area (Å²) in [6.45, 7) is 4.48. The van der Waals surface area contributed by atoms with Crippen LogP contribution in [0.15, 0.2) is 54.1 Å². The number of benzene rings is 2. The molecular formula is C31H42O5. The first-order chi connectivity index (χ1) is 17.5. The third kappa shape index (κ3) is 12.1. The lowest BCUT2D eigenvalue weighted by atomic mass is 10.1. The second kappa shape index (κ2) is 17.4. The van der Waals surface area contributed by atoms with E-state index in [1.54, 1.807) is 54.6 Å². The van der Waals surface area contributed by atoms with Crippen molar-refractivity contribution < 1.29 is 24.2 Å².